The Labute approximate surface area is 112 Å². The zero-order chi connectivity index (χ0) is 13.8. The van der Waals surface area contributed by atoms with Gasteiger partial charge in [-0.1, -0.05) is 0 Å². The third-order valence-electron chi connectivity index (χ3n) is 3.74. The summed E-state index contributed by atoms with van der Waals surface area (Å²) in [5.74, 6) is -0.517. The van der Waals surface area contributed by atoms with Gasteiger partial charge in [-0.15, -0.1) is 0 Å². The minimum Gasteiger partial charge on any atom is -0.466 e. The van der Waals surface area contributed by atoms with Gasteiger partial charge in [-0.05, 0) is 26.3 Å². The molecule has 2 aliphatic rings. The van der Waals surface area contributed by atoms with Gasteiger partial charge in [0.1, 0.15) is 6.42 Å². The summed E-state index contributed by atoms with van der Waals surface area (Å²) in [7, 11) is 0. The maximum absolute atomic E-state index is 11.8. The summed E-state index contributed by atoms with van der Waals surface area (Å²) >= 11 is 0. The Morgan fingerprint density at radius 2 is 2.26 bits per heavy atom. The van der Waals surface area contributed by atoms with Crippen LogP contribution in [0.25, 0.3) is 0 Å². The maximum atomic E-state index is 11.8. The van der Waals surface area contributed by atoms with Crippen LogP contribution in [-0.4, -0.2) is 54.8 Å². The van der Waals surface area contributed by atoms with Crippen molar-refractivity contribution in [2.24, 2.45) is 5.92 Å². The third kappa shape index (κ3) is 3.32. The maximum Gasteiger partial charge on any atom is 0.313 e. The molecule has 2 unspecified atom stereocenters. The van der Waals surface area contributed by atoms with E-state index in [4.69, 9.17) is 4.74 Å². The van der Waals surface area contributed by atoms with Crippen molar-refractivity contribution in [3.63, 3.8) is 0 Å². The zero-order valence-corrected chi connectivity index (χ0v) is 11.2. The van der Waals surface area contributed by atoms with Crippen LogP contribution < -0.4 is 5.32 Å². The Balaban J connectivity index is 1.86. The van der Waals surface area contributed by atoms with Crippen LogP contribution in [0.4, 0.5) is 0 Å². The second-order valence-electron chi connectivity index (χ2n) is 5.05. The highest BCUT2D eigenvalue weighted by Gasteiger charge is 2.41. The van der Waals surface area contributed by atoms with E-state index in [1.807, 2.05) is 4.90 Å². The van der Waals surface area contributed by atoms with Gasteiger partial charge in [0.15, 0.2) is 5.78 Å². The summed E-state index contributed by atoms with van der Waals surface area (Å²) in [5, 5.41) is 2.84. The lowest BCUT2D eigenvalue weighted by molar-refractivity contribution is -0.146. The Kier molecular flexibility index (Phi) is 4.52. The molecule has 2 atom stereocenters. The molecule has 106 valence electrons. The number of piperidine rings is 1. The quantitative estimate of drug-likeness (QED) is 0.548. The minimum absolute atomic E-state index is 0.00384. The molecule has 0 aromatic rings. The van der Waals surface area contributed by atoms with E-state index in [2.05, 4.69) is 5.32 Å². The topological polar surface area (TPSA) is 75.7 Å². The lowest BCUT2D eigenvalue weighted by Gasteiger charge is -2.35. The zero-order valence-electron chi connectivity index (χ0n) is 11.2. The monoisotopic (exact) mass is 268 g/mol. The number of esters is 1. The van der Waals surface area contributed by atoms with Crippen LogP contribution in [-0.2, 0) is 19.1 Å². The standard InChI is InChI=1S/C13H20N2O4/c1-2-19-12(17)6-9(16)8-15-5-3-4-10-11(15)7-14-13(10)18/h10-11H,2-8H2,1H3,(H,14,18). The highest BCUT2D eigenvalue weighted by molar-refractivity contribution is 5.96. The number of hydrogen-bond donors (Lipinski definition) is 1. The molecule has 0 aliphatic carbocycles. The normalized spacial score (nSPS) is 26.7. The van der Waals surface area contributed by atoms with Crippen LogP contribution in [0.15, 0.2) is 0 Å². The van der Waals surface area contributed by atoms with Crippen LogP contribution >= 0.6 is 0 Å². The van der Waals surface area contributed by atoms with Gasteiger partial charge in [-0.25, -0.2) is 0 Å². The first-order valence-corrected chi connectivity index (χ1v) is 6.81. The number of carbonyl (C=O) groups excluding carboxylic acids is 3. The van der Waals surface area contributed by atoms with Gasteiger partial charge in [-0.2, -0.15) is 0 Å². The Morgan fingerprint density at radius 3 is 3.00 bits per heavy atom. The van der Waals surface area contributed by atoms with E-state index in [-0.39, 0.29) is 36.6 Å². The molecular formula is C13H20N2O4. The van der Waals surface area contributed by atoms with Gasteiger partial charge < -0.3 is 10.1 Å². The predicted octanol–water partition coefficient (Wildman–Crippen LogP) is -0.281. The molecule has 1 amide bonds. The van der Waals surface area contributed by atoms with Crippen molar-refractivity contribution < 1.29 is 19.1 Å². The molecular weight excluding hydrogens is 248 g/mol. The van der Waals surface area contributed by atoms with E-state index in [0.29, 0.717) is 13.2 Å². The largest absolute Gasteiger partial charge is 0.466 e. The first-order valence-electron chi connectivity index (χ1n) is 6.81. The Bertz CT molecular complexity index is 383. The van der Waals surface area contributed by atoms with Gasteiger partial charge >= 0.3 is 5.97 Å². The van der Waals surface area contributed by atoms with Crippen LogP contribution in [0, 0.1) is 5.92 Å². The van der Waals surface area contributed by atoms with E-state index in [9.17, 15) is 14.4 Å². The molecule has 6 nitrogen and oxygen atoms in total. The highest BCUT2D eigenvalue weighted by Crippen LogP contribution is 2.27. The average molecular weight is 268 g/mol. The fraction of sp³-hybridized carbons (Fsp3) is 0.769. The number of hydrogen-bond acceptors (Lipinski definition) is 5. The van der Waals surface area contributed by atoms with Crippen LogP contribution in [0.1, 0.15) is 26.2 Å². The molecule has 0 radical (unpaired) electrons. The smallest absolute Gasteiger partial charge is 0.313 e. The van der Waals surface area contributed by atoms with E-state index in [1.165, 1.54) is 0 Å². The second kappa shape index (κ2) is 6.14. The van der Waals surface area contributed by atoms with E-state index < -0.39 is 5.97 Å². The lowest BCUT2D eigenvalue weighted by atomic mass is 9.91. The molecule has 0 spiro atoms. The molecule has 19 heavy (non-hydrogen) atoms. The average Bonchev–Trinajstić information content (AvgIpc) is 2.72. The first-order chi connectivity index (χ1) is 9.11. The van der Waals surface area contributed by atoms with Crippen molar-refractivity contribution in [3.05, 3.63) is 0 Å². The van der Waals surface area contributed by atoms with Crippen LogP contribution in [0.3, 0.4) is 0 Å². The van der Waals surface area contributed by atoms with Crippen molar-refractivity contribution in [3.8, 4) is 0 Å². The molecule has 0 aromatic carbocycles. The van der Waals surface area contributed by atoms with Crippen LogP contribution in [0.5, 0.6) is 0 Å². The molecule has 0 aromatic heterocycles. The van der Waals surface area contributed by atoms with E-state index in [0.717, 1.165) is 19.4 Å². The van der Waals surface area contributed by atoms with Crippen molar-refractivity contribution in [2.75, 3.05) is 26.2 Å². The highest BCUT2D eigenvalue weighted by atomic mass is 16.5. The molecule has 2 fully saturated rings. The van der Waals surface area contributed by atoms with E-state index in [1.54, 1.807) is 6.92 Å². The lowest BCUT2D eigenvalue weighted by Crippen LogP contribution is -2.47. The molecule has 0 saturated carbocycles. The number of rotatable bonds is 5. The summed E-state index contributed by atoms with van der Waals surface area (Å²) in [6.07, 6.45) is 1.63. The SMILES string of the molecule is CCOC(=O)CC(=O)CN1CCCC2C(=O)NCC21. The number of amides is 1. The van der Waals surface area contributed by atoms with Crippen molar-refractivity contribution >= 4 is 17.7 Å². The summed E-state index contributed by atoms with van der Waals surface area (Å²) in [6, 6.07) is 0.104. The fourth-order valence-corrected chi connectivity index (χ4v) is 2.89. The van der Waals surface area contributed by atoms with E-state index >= 15 is 0 Å². The fourth-order valence-electron chi connectivity index (χ4n) is 2.89. The number of likely N-dealkylation sites (tertiary alicyclic amines) is 1. The van der Waals surface area contributed by atoms with Crippen molar-refractivity contribution in [1.29, 1.82) is 0 Å². The number of ether oxygens (including phenoxy) is 1. The molecule has 6 heteroatoms. The molecule has 2 saturated heterocycles. The van der Waals surface area contributed by atoms with Crippen molar-refractivity contribution in [1.82, 2.24) is 10.2 Å². The minimum atomic E-state index is -0.471. The molecule has 2 heterocycles. The number of nitrogens with one attached hydrogen (secondary N) is 1. The van der Waals surface area contributed by atoms with Gasteiger partial charge in [0, 0.05) is 12.6 Å². The number of fused-ring (bicyclic) bond motifs is 1. The van der Waals surface area contributed by atoms with Gasteiger partial charge in [0.2, 0.25) is 5.91 Å². The Morgan fingerprint density at radius 1 is 1.47 bits per heavy atom. The molecule has 1 N–H and O–H groups in total. The predicted molar refractivity (Wildman–Crippen MR) is 67.4 cm³/mol. The third-order valence-corrected chi connectivity index (χ3v) is 3.74. The van der Waals surface area contributed by atoms with Gasteiger partial charge in [-0.3, -0.25) is 19.3 Å². The number of ketones is 1. The summed E-state index contributed by atoms with van der Waals surface area (Å²) in [5.41, 5.74) is 0. The number of nitrogens with zero attached hydrogens (tertiary/aromatic N) is 1. The second-order valence-corrected chi connectivity index (χ2v) is 5.05. The molecule has 0 bridgehead atoms. The first kappa shape index (κ1) is 14.0. The summed E-state index contributed by atoms with van der Waals surface area (Å²) in [4.78, 5) is 36.7. The van der Waals surface area contributed by atoms with Gasteiger partial charge in [0.05, 0.1) is 19.1 Å². The van der Waals surface area contributed by atoms with Crippen molar-refractivity contribution in [2.45, 2.75) is 32.2 Å². The van der Waals surface area contributed by atoms with Crippen LogP contribution in [0.2, 0.25) is 0 Å². The summed E-state index contributed by atoms with van der Waals surface area (Å²) < 4.78 is 4.76. The molecule has 2 aliphatic heterocycles. The van der Waals surface area contributed by atoms with Gasteiger partial charge in [0.25, 0.3) is 0 Å². The summed E-state index contributed by atoms with van der Waals surface area (Å²) in [6.45, 7) is 3.65. The number of Topliss-reactive ketones (excluding diaryl/α,β-unsaturated/α-hetero) is 1. The molecule has 2 rings (SSSR count). The number of carbonyl (C=O) groups is 3. The Hall–Kier alpha value is -1.43.